The molecule has 1 amide bonds. The van der Waals surface area contributed by atoms with Gasteiger partial charge >= 0.3 is 0 Å². The molecule has 0 spiro atoms. The first-order valence-corrected chi connectivity index (χ1v) is 9.41. The van der Waals surface area contributed by atoms with Crippen molar-refractivity contribution in [2.75, 3.05) is 38.0 Å². The number of aryl methyl sites for hydroxylation is 1. The van der Waals surface area contributed by atoms with E-state index in [1.54, 1.807) is 6.07 Å². The third-order valence-corrected chi connectivity index (χ3v) is 5.18. The fourth-order valence-electron chi connectivity index (χ4n) is 3.12. The van der Waals surface area contributed by atoms with E-state index in [0.29, 0.717) is 17.1 Å². The summed E-state index contributed by atoms with van der Waals surface area (Å²) in [5.41, 5.74) is 3.61. The lowest BCUT2D eigenvalue weighted by atomic mass is 10.1. The van der Waals surface area contributed by atoms with Crippen molar-refractivity contribution in [3.8, 4) is 6.07 Å². The average Bonchev–Trinajstić information content (AvgIpc) is 2.67. The molecule has 1 aliphatic rings. The van der Waals surface area contributed by atoms with Crippen LogP contribution in [0.25, 0.3) is 0 Å². The Morgan fingerprint density at radius 3 is 2.41 bits per heavy atom. The second kappa shape index (κ2) is 9.01. The van der Waals surface area contributed by atoms with Gasteiger partial charge in [0.15, 0.2) is 0 Å². The maximum atomic E-state index is 12.3. The molecule has 27 heavy (non-hydrogen) atoms. The van der Waals surface area contributed by atoms with Crippen molar-refractivity contribution in [3.05, 3.63) is 64.2 Å². The minimum absolute atomic E-state index is 0.0181. The second-order valence-corrected chi connectivity index (χ2v) is 7.28. The van der Waals surface area contributed by atoms with Crippen LogP contribution >= 0.6 is 11.6 Å². The minimum atomic E-state index is -0.0181. The van der Waals surface area contributed by atoms with Gasteiger partial charge in [-0.3, -0.25) is 14.6 Å². The fraction of sp³-hybridized carbons (Fsp3) is 0.333. The molecule has 0 atom stereocenters. The molecule has 0 radical (unpaired) electrons. The molecule has 1 N–H and O–H groups in total. The van der Waals surface area contributed by atoms with Crippen LogP contribution in [0.4, 0.5) is 5.69 Å². The number of anilines is 1. The number of amides is 1. The van der Waals surface area contributed by atoms with Crippen LogP contribution in [0.15, 0.2) is 42.5 Å². The topological polar surface area (TPSA) is 59.4 Å². The van der Waals surface area contributed by atoms with Gasteiger partial charge in [-0.15, -0.1) is 0 Å². The van der Waals surface area contributed by atoms with Crippen LogP contribution in [0.1, 0.15) is 16.7 Å². The van der Waals surface area contributed by atoms with Crippen molar-refractivity contribution in [3.63, 3.8) is 0 Å². The Morgan fingerprint density at radius 1 is 1.11 bits per heavy atom. The van der Waals surface area contributed by atoms with Gasteiger partial charge in [0.1, 0.15) is 0 Å². The Hall–Kier alpha value is -2.39. The number of carbonyl (C=O) groups is 1. The van der Waals surface area contributed by atoms with E-state index >= 15 is 0 Å². The molecule has 0 bridgehead atoms. The summed E-state index contributed by atoms with van der Waals surface area (Å²) in [5, 5.41) is 12.4. The summed E-state index contributed by atoms with van der Waals surface area (Å²) < 4.78 is 0. The normalized spacial score (nSPS) is 15.3. The lowest BCUT2D eigenvalue weighted by Gasteiger charge is -2.34. The van der Waals surface area contributed by atoms with Crippen molar-refractivity contribution in [1.29, 1.82) is 5.26 Å². The highest BCUT2D eigenvalue weighted by Crippen LogP contribution is 2.20. The van der Waals surface area contributed by atoms with Crippen molar-refractivity contribution in [2.24, 2.45) is 0 Å². The zero-order valence-corrected chi connectivity index (χ0v) is 16.2. The predicted molar refractivity (Wildman–Crippen MR) is 108 cm³/mol. The molecule has 2 aromatic carbocycles. The van der Waals surface area contributed by atoms with Gasteiger partial charge in [0, 0.05) is 43.4 Å². The molecular weight excluding hydrogens is 360 g/mol. The monoisotopic (exact) mass is 382 g/mol. The predicted octanol–water partition coefficient (Wildman–Crippen LogP) is 3.28. The lowest BCUT2D eigenvalue weighted by Crippen LogP contribution is -2.48. The van der Waals surface area contributed by atoms with Crippen LogP contribution in [-0.4, -0.2) is 48.4 Å². The summed E-state index contributed by atoms with van der Waals surface area (Å²) in [4.78, 5) is 16.8. The van der Waals surface area contributed by atoms with Gasteiger partial charge in [-0.1, -0.05) is 29.8 Å². The Bertz CT molecular complexity index is 836. The van der Waals surface area contributed by atoms with Crippen molar-refractivity contribution >= 4 is 23.2 Å². The van der Waals surface area contributed by atoms with Gasteiger partial charge in [0.2, 0.25) is 5.91 Å². The van der Waals surface area contributed by atoms with Crippen molar-refractivity contribution in [1.82, 2.24) is 9.80 Å². The van der Waals surface area contributed by atoms with Crippen LogP contribution in [-0.2, 0) is 11.3 Å². The van der Waals surface area contributed by atoms with Crippen molar-refractivity contribution < 1.29 is 4.79 Å². The largest absolute Gasteiger partial charge is 0.325 e. The van der Waals surface area contributed by atoms with Crippen LogP contribution in [0, 0.1) is 18.3 Å². The molecule has 1 saturated heterocycles. The van der Waals surface area contributed by atoms with Crippen LogP contribution in [0.2, 0.25) is 5.02 Å². The number of nitriles is 1. The van der Waals surface area contributed by atoms with E-state index in [0.717, 1.165) is 44.0 Å². The fourth-order valence-corrected chi connectivity index (χ4v) is 3.30. The molecule has 140 valence electrons. The first kappa shape index (κ1) is 19.4. The average molecular weight is 383 g/mol. The molecule has 1 aliphatic heterocycles. The van der Waals surface area contributed by atoms with Gasteiger partial charge in [-0.05, 0) is 42.3 Å². The lowest BCUT2D eigenvalue weighted by molar-refractivity contribution is -0.117. The van der Waals surface area contributed by atoms with Crippen LogP contribution in [0.3, 0.4) is 0 Å². The maximum absolute atomic E-state index is 12.3. The number of hydrogen-bond donors (Lipinski definition) is 1. The number of piperazine rings is 1. The number of nitrogens with zero attached hydrogens (tertiary/aromatic N) is 3. The van der Waals surface area contributed by atoms with E-state index in [4.69, 9.17) is 16.9 Å². The molecule has 2 aromatic rings. The highest BCUT2D eigenvalue weighted by molar-refractivity contribution is 6.31. The summed E-state index contributed by atoms with van der Waals surface area (Å²) in [7, 11) is 0. The summed E-state index contributed by atoms with van der Waals surface area (Å²) >= 11 is 6.11. The number of carbonyl (C=O) groups excluding carboxylic acids is 1. The Morgan fingerprint density at radius 2 is 1.78 bits per heavy atom. The smallest absolute Gasteiger partial charge is 0.238 e. The highest BCUT2D eigenvalue weighted by atomic mass is 35.5. The van der Waals surface area contributed by atoms with Crippen LogP contribution < -0.4 is 5.32 Å². The first-order valence-electron chi connectivity index (χ1n) is 9.03. The SMILES string of the molecule is Cc1ccc(NC(=O)CN2CCN(Cc3ccc(C#N)cc3)CC2)cc1Cl. The molecule has 3 rings (SSSR count). The van der Waals surface area contributed by atoms with Gasteiger partial charge in [-0.25, -0.2) is 0 Å². The highest BCUT2D eigenvalue weighted by Gasteiger charge is 2.19. The quantitative estimate of drug-likeness (QED) is 0.862. The van der Waals surface area contributed by atoms with Gasteiger partial charge in [0.25, 0.3) is 0 Å². The van der Waals surface area contributed by atoms with E-state index in [2.05, 4.69) is 21.2 Å². The third-order valence-electron chi connectivity index (χ3n) is 4.78. The second-order valence-electron chi connectivity index (χ2n) is 6.87. The molecule has 0 aromatic heterocycles. The number of hydrogen-bond acceptors (Lipinski definition) is 4. The van der Waals surface area contributed by atoms with Gasteiger partial charge < -0.3 is 5.32 Å². The number of rotatable bonds is 5. The third kappa shape index (κ3) is 5.54. The van der Waals surface area contributed by atoms with E-state index in [1.165, 1.54) is 5.56 Å². The molecule has 1 heterocycles. The standard InChI is InChI=1S/C21H23ClN4O/c1-16-2-7-19(12-20(16)22)24-21(27)15-26-10-8-25(9-11-26)14-18-5-3-17(13-23)4-6-18/h2-7,12H,8-11,14-15H2,1H3,(H,24,27). The van der Waals surface area contributed by atoms with Crippen molar-refractivity contribution in [2.45, 2.75) is 13.5 Å². The molecule has 0 unspecified atom stereocenters. The van der Waals surface area contributed by atoms with E-state index < -0.39 is 0 Å². The molecule has 0 saturated carbocycles. The maximum Gasteiger partial charge on any atom is 0.238 e. The zero-order chi connectivity index (χ0) is 19.2. The Labute approximate surface area is 165 Å². The van der Waals surface area contributed by atoms with E-state index in [9.17, 15) is 4.79 Å². The van der Waals surface area contributed by atoms with Crippen LogP contribution in [0.5, 0.6) is 0 Å². The molecule has 5 nitrogen and oxygen atoms in total. The summed E-state index contributed by atoms with van der Waals surface area (Å²) in [5.74, 6) is -0.0181. The molecule has 1 fully saturated rings. The Kier molecular flexibility index (Phi) is 6.46. The molecular formula is C21H23ClN4O. The van der Waals surface area contributed by atoms with E-state index in [-0.39, 0.29) is 5.91 Å². The number of benzene rings is 2. The number of halogens is 1. The number of nitrogens with one attached hydrogen (secondary N) is 1. The summed E-state index contributed by atoms with van der Waals surface area (Å²) in [6, 6.07) is 15.4. The summed E-state index contributed by atoms with van der Waals surface area (Å²) in [6.45, 7) is 6.75. The zero-order valence-electron chi connectivity index (χ0n) is 15.4. The van der Waals surface area contributed by atoms with Gasteiger partial charge in [-0.2, -0.15) is 5.26 Å². The molecule has 6 heteroatoms. The summed E-state index contributed by atoms with van der Waals surface area (Å²) in [6.07, 6.45) is 0. The minimum Gasteiger partial charge on any atom is -0.325 e. The Balaban J connectivity index is 1.43. The molecule has 0 aliphatic carbocycles. The van der Waals surface area contributed by atoms with E-state index in [1.807, 2.05) is 43.3 Å². The van der Waals surface area contributed by atoms with Gasteiger partial charge in [0.05, 0.1) is 18.2 Å². The first-order chi connectivity index (χ1) is 13.0.